The first kappa shape index (κ1) is 23.0. The van der Waals surface area contributed by atoms with Crippen LogP contribution in [0.15, 0.2) is 35.2 Å². The molecule has 3 aliphatic heterocycles. The summed E-state index contributed by atoms with van der Waals surface area (Å²) in [6.07, 6.45) is 7.89. The molecular weight excluding hydrogens is 472 g/mol. The van der Waals surface area contributed by atoms with Crippen LogP contribution in [0.5, 0.6) is 0 Å². The maximum absolute atomic E-state index is 14.0. The number of hydrogen-bond acceptors (Lipinski definition) is 7. The van der Waals surface area contributed by atoms with Crippen molar-refractivity contribution in [1.82, 2.24) is 0 Å². The molecule has 0 aromatic carbocycles. The van der Waals surface area contributed by atoms with Crippen LogP contribution < -0.4 is 0 Å². The number of epoxide rings is 2. The highest BCUT2D eigenvalue weighted by atomic mass is 16.7. The molecule has 0 radical (unpaired) electrons. The summed E-state index contributed by atoms with van der Waals surface area (Å²) in [5.41, 5.74) is -2.41. The first-order chi connectivity index (χ1) is 17.4. The van der Waals surface area contributed by atoms with Gasteiger partial charge >= 0.3 is 5.97 Å². The Balaban J connectivity index is 1.37. The molecule has 4 aliphatic carbocycles. The van der Waals surface area contributed by atoms with E-state index in [0.29, 0.717) is 6.61 Å². The quantitative estimate of drug-likeness (QED) is 0.446. The van der Waals surface area contributed by atoms with E-state index in [4.69, 9.17) is 23.4 Å². The number of ether oxygens (including phenoxy) is 4. The Morgan fingerprint density at radius 2 is 1.86 bits per heavy atom. The first-order valence-corrected chi connectivity index (χ1v) is 13.9. The van der Waals surface area contributed by atoms with Gasteiger partial charge in [0.1, 0.15) is 23.4 Å². The Morgan fingerprint density at radius 3 is 2.57 bits per heavy atom. The summed E-state index contributed by atoms with van der Waals surface area (Å²) in [5.74, 6) is -0.357. The fourth-order valence-corrected chi connectivity index (χ4v) is 10.9. The van der Waals surface area contributed by atoms with E-state index in [1.165, 1.54) is 5.56 Å². The van der Waals surface area contributed by atoms with E-state index in [1.54, 1.807) is 12.3 Å². The molecule has 6 fully saturated rings. The van der Waals surface area contributed by atoms with Gasteiger partial charge in [0.15, 0.2) is 5.78 Å². The maximum Gasteiger partial charge on any atom is 0.308 e. The van der Waals surface area contributed by atoms with Crippen LogP contribution in [0.2, 0.25) is 0 Å². The lowest BCUT2D eigenvalue weighted by Gasteiger charge is -2.66. The fraction of sp³-hybridized carbons (Fsp3) is 0.733. The predicted octanol–water partition coefficient (Wildman–Crippen LogP) is 4.21. The van der Waals surface area contributed by atoms with Crippen molar-refractivity contribution in [3.63, 3.8) is 0 Å². The van der Waals surface area contributed by atoms with E-state index in [2.05, 4.69) is 33.8 Å². The van der Waals surface area contributed by atoms with E-state index in [0.717, 1.165) is 12.8 Å². The lowest BCUT2D eigenvalue weighted by Crippen LogP contribution is -2.79. The second-order valence-corrected chi connectivity index (χ2v) is 14.0. The molecule has 8 rings (SSSR count). The zero-order valence-electron chi connectivity index (χ0n) is 22.4. The summed E-state index contributed by atoms with van der Waals surface area (Å²) >= 11 is 0. The molecule has 1 aromatic heterocycles. The largest absolute Gasteiger partial charge is 0.472 e. The number of carbonyl (C=O) groups is 2. The highest BCUT2D eigenvalue weighted by Crippen LogP contribution is 2.88. The molecule has 3 saturated carbocycles. The smallest absolute Gasteiger partial charge is 0.308 e. The third kappa shape index (κ3) is 2.07. The summed E-state index contributed by atoms with van der Waals surface area (Å²) in [4.78, 5) is 27.3. The van der Waals surface area contributed by atoms with E-state index in [-0.39, 0.29) is 52.5 Å². The minimum absolute atomic E-state index is 0.00755. The maximum atomic E-state index is 14.0. The average molecular weight is 509 g/mol. The van der Waals surface area contributed by atoms with Crippen LogP contribution >= 0.6 is 0 Å². The lowest BCUT2D eigenvalue weighted by atomic mass is 9.35. The monoisotopic (exact) mass is 508 g/mol. The van der Waals surface area contributed by atoms with E-state index < -0.39 is 34.2 Å². The van der Waals surface area contributed by atoms with Gasteiger partial charge in [0.05, 0.1) is 48.1 Å². The van der Waals surface area contributed by atoms with Gasteiger partial charge in [-0.3, -0.25) is 9.59 Å². The van der Waals surface area contributed by atoms with Gasteiger partial charge in [-0.15, -0.1) is 0 Å². The molecule has 1 aromatic rings. The second kappa shape index (κ2) is 6.26. The Bertz CT molecular complexity index is 1270. The number of carbonyl (C=O) groups excluding carboxylic acids is 2. The topological polar surface area (TPSA) is 90.8 Å². The minimum atomic E-state index is -0.807. The van der Waals surface area contributed by atoms with Crippen molar-refractivity contribution in [3.8, 4) is 0 Å². The number of rotatable bonds is 3. The van der Waals surface area contributed by atoms with Crippen LogP contribution in [-0.2, 0) is 28.5 Å². The first-order valence-electron chi connectivity index (χ1n) is 13.9. The summed E-state index contributed by atoms with van der Waals surface area (Å²) in [7, 11) is 0. The molecule has 198 valence electrons. The molecule has 37 heavy (non-hydrogen) atoms. The van der Waals surface area contributed by atoms with Crippen molar-refractivity contribution < 1.29 is 33.0 Å². The van der Waals surface area contributed by atoms with Crippen LogP contribution in [0, 0.1) is 33.5 Å². The van der Waals surface area contributed by atoms with E-state index >= 15 is 0 Å². The van der Waals surface area contributed by atoms with Gasteiger partial charge in [-0.2, -0.15) is 0 Å². The van der Waals surface area contributed by atoms with Crippen LogP contribution in [-0.4, -0.2) is 54.0 Å². The molecule has 4 heterocycles. The zero-order valence-corrected chi connectivity index (χ0v) is 22.4. The SMILES string of the molecule is CC(C)C(=O)O[C@H]1[C@@H]2OC[C@@]3(C)C=CC(=O)[C@@](C)([C@@H]23)[C@]23O[C@H]2C[C@@]2(C)[C@H](c4ccoc4)C[C@H]4O[C@]42[C@]13C. The summed E-state index contributed by atoms with van der Waals surface area (Å²) in [6, 6.07) is 2.06. The molecule has 7 aliphatic rings. The summed E-state index contributed by atoms with van der Waals surface area (Å²) < 4.78 is 32.3. The van der Waals surface area contributed by atoms with Crippen molar-refractivity contribution in [3.05, 3.63) is 36.3 Å². The van der Waals surface area contributed by atoms with Crippen molar-refractivity contribution in [2.75, 3.05) is 6.61 Å². The number of hydrogen-bond donors (Lipinski definition) is 0. The van der Waals surface area contributed by atoms with Gasteiger partial charge in [-0.1, -0.05) is 40.7 Å². The zero-order chi connectivity index (χ0) is 26.0. The normalized spacial score (nSPS) is 57.8. The van der Waals surface area contributed by atoms with Gasteiger partial charge in [0, 0.05) is 16.7 Å². The van der Waals surface area contributed by atoms with Crippen molar-refractivity contribution in [2.24, 2.45) is 33.5 Å². The minimum Gasteiger partial charge on any atom is -0.472 e. The lowest BCUT2D eigenvalue weighted by molar-refractivity contribution is -0.252. The number of esters is 1. The highest BCUT2D eigenvalue weighted by molar-refractivity contribution is 5.98. The molecule has 7 nitrogen and oxygen atoms in total. The molecular formula is C30H36O7. The molecule has 2 spiro atoms. The number of furan rings is 1. The predicted molar refractivity (Wildman–Crippen MR) is 130 cm³/mol. The standard InChI is InChI=1S/C30H36O7/c1-15(2)24(32)35-23-21-22-25(3,14-34-21)9-7-18(31)27(22,5)30-20(37-30)12-26(4)17(16-8-10-33-13-16)11-19-29(26,36-19)28(23,30)6/h7-10,13,15,17,19-23H,11-12,14H2,1-6H3/t17-,19+,20-,21+,22-,23-,25+,26-,27-,28-,29+,30+/m0/s1. The Labute approximate surface area is 217 Å². The Morgan fingerprint density at radius 1 is 1.11 bits per heavy atom. The molecule has 0 bridgehead atoms. The molecule has 12 atom stereocenters. The third-order valence-electron chi connectivity index (χ3n) is 12.3. The Hall–Kier alpha value is -1.96. The van der Waals surface area contributed by atoms with Gasteiger partial charge in [0.25, 0.3) is 0 Å². The molecule has 3 saturated heterocycles. The Kier molecular flexibility index (Phi) is 3.89. The highest BCUT2D eigenvalue weighted by Gasteiger charge is 2.99. The van der Waals surface area contributed by atoms with E-state index in [1.807, 2.05) is 26.2 Å². The van der Waals surface area contributed by atoms with Crippen LogP contribution in [0.3, 0.4) is 0 Å². The van der Waals surface area contributed by atoms with Crippen molar-refractivity contribution >= 4 is 11.8 Å². The second-order valence-electron chi connectivity index (χ2n) is 14.0. The van der Waals surface area contributed by atoms with Gasteiger partial charge < -0.3 is 23.4 Å². The molecule has 7 heteroatoms. The number of allylic oxidation sites excluding steroid dienone is 1. The molecule has 0 unspecified atom stereocenters. The third-order valence-corrected chi connectivity index (χ3v) is 12.3. The van der Waals surface area contributed by atoms with Crippen LogP contribution in [0.25, 0.3) is 0 Å². The fourth-order valence-electron chi connectivity index (χ4n) is 10.9. The van der Waals surface area contributed by atoms with Gasteiger partial charge in [0.2, 0.25) is 0 Å². The molecule has 0 amide bonds. The van der Waals surface area contributed by atoms with Crippen molar-refractivity contribution in [1.29, 1.82) is 0 Å². The summed E-state index contributed by atoms with van der Waals surface area (Å²) in [5, 5.41) is 0. The molecule has 0 N–H and O–H groups in total. The number of ketones is 1. The summed E-state index contributed by atoms with van der Waals surface area (Å²) in [6.45, 7) is 13.0. The van der Waals surface area contributed by atoms with Gasteiger partial charge in [-0.25, -0.2) is 0 Å². The van der Waals surface area contributed by atoms with Crippen molar-refractivity contribution in [2.45, 2.75) is 95.9 Å². The van der Waals surface area contributed by atoms with Gasteiger partial charge in [-0.05, 0) is 43.4 Å². The van der Waals surface area contributed by atoms with Crippen LogP contribution in [0.1, 0.15) is 65.9 Å². The average Bonchev–Trinajstić information content (AvgIpc) is 3.58. The van der Waals surface area contributed by atoms with Crippen LogP contribution in [0.4, 0.5) is 0 Å². The van der Waals surface area contributed by atoms with E-state index in [9.17, 15) is 9.59 Å².